The molecule has 0 spiro atoms. The number of amides is 1. The largest absolute Gasteiger partial charge is 0.444 e. The summed E-state index contributed by atoms with van der Waals surface area (Å²) in [7, 11) is 0. The number of rotatable bonds is 2. The molecule has 2 rings (SSSR count). The maximum absolute atomic E-state index is 14.0. The standard InChI is InChI=1S/C16H22F2N2O3/c1-16(2,3)23-15(21)20-6-7-22-9-13(20)14(19)11-8-10(17)4-5-12(11)18/h4-5,8,13-14H,6-7,9,19H2,1-3H3. The van der Waals surface area contributed by atoms with Gasteiger partial charge in [0, 0.05) is 12.1 Å². The second kappa shape index (κ2) is 6.80. The first-order chi connectivity index (χ1) is 10.7. The van der Waals surface area contributed by atoms with Crippen molar-refractivity contribution in [1.29, 1.82) is 0 Å². The summed E-state index contributed by atoms with van der Waals surface area (Å²) in [6.45, 7) is 6.03. The first kappa shape index (κ1) is 17.6. The minimum Gasteiger partial charge on any atom is -0.444 e. The summed E-state index contributed by atoms with van der Waals surface area (Å²) in [4.78, 5) is 13.8. The van der Waals surface area contributed by atoms with Crippen molar-refractivity contribution >= 4 is 6.09 Å². The van der Waals surface area contributed by atoms with Crippen molar-refractivity contribution in [3.8, 4) is 0 Å². The first-order valence-electron chi connectivity index (χ1n) is 7.47. The van der Waals surface area contributed by atoms with Gasteiger partial charge in [0.15, 0.2) is 0 Å². The van der Waals surface area contributed by atoms with Gasteiger partial charge < -0.3 is 15.2 Å². The molecule has 1 aromatic carbocycles. The maximum atomic E-state index is 14.0. The highest BCUT2D eigenvalue weighted by atomic mass is 19.1. The lowest BCUT2D eigenvalue weighted by molar-refractivity contribution is -0.0384. The molecule has 0 radical (unpaired) electrons. The quantitative estimate of drug-likeness (QED) is 0.906. The molecule has 0 saturated carbocycles. The van der Waals surface area contributed by atoms with E-state index in [2.05, 4.69) is 0 Å². The van der Waals surface area contributed by atoms with Crippen molar-refractivity contribution in [2.45, 2.75) is 38.5 Å². The number of hydrogen-bond donors (Lipinski definition) is 1. The van der Waals surface area contributed by atoms with Crippen LogP contribution in [0.15, 0.2) is 18.2 Å². The summed E-state index contributed by atoms with van der Waals surface area (Å²) in [6.07, 6.45) is -0.543. The van der Waals surface area contributed by atoms with E-state index in [1.54, 1.807) is 20.8 Å². The average Bonchev–Trinajstić information content (AvgIpc) is 2.47. The van der Waals surface area contributed by atoms with Crippen molar-refractivity contribution in [3.63, 3.8) is 0 Å². The Morgan fingerprint density at radius 2 is 2.13 bits per heavy atom. The third-order valence-electron chi connectivity index (χ3n) is 3.53. The molecule has 128 valence electrons. The molecule has 1 amide bonds. The van der Waals surface area contributed by atoms with Gasteiger partial charge >= 0.3 is 6.09 Å². The second-order valence-electron chi connectivity index (χ2n) is 6.51. The molecular weight excluding hydrogens is 306 g/mol. The predicted molar refractivity (Wildman–Crippen MR) is 80.8 cm³/mol. The molecule has 2 N–H and O–H groups in total. The highest BCUT2D eigenvalue weighted by Gasteiger charge is 2.36. The average molecular weight is 328 g/mol. The van der Waals surface area contributed by atoms with Crippen LogP contribution in [0.25, 0.3) is 0 Å². The number of ether oxygens (including phenoxy) is 2. The van der Waals surface area contributed by atoms with Gasteiger partial charge in [-0.2, -0.15) is 0 Å². The van der Waals surface area contributed by atoms with Gasteiger partial charge in [-0.25, -0.2) is 13.6 Å². The molecule has 2 atom stereocenters. The van der Waals surface area contributed by atoms with Crippen LogP contribution in [-0.2, 0) is 9.47 Å². The number of nitrogens with zero attached hydrogens (tertiary/aromatic N) is 1. The van der Waals surface area contributed by atoms with E-state index in [1.807, 2.05) is 0 Å². The molecule has 23 heavy (non-hydrogen) atoms. The Morgan fingerprint density at radius 3 is 2.78 bits per heavy atom. The Morgan fingerprint density at radius 1 is 1.43 bits per heavy atom. The Kier molecular flexibility index (Phi) is 5.21. The summed E-state index contributed by atoms with van der Waals surface area (Å²) >= 11 is 0. The van der Waals surface area contributed by atoms with E-state index >= 15 is 0 Å². The summed E-state index contributed by atoms with van der Waals surface area (Å²) in [5.74, 6) is -1.20. The highest BCUT2D eigenvalue weighted by Crippen LogP contribution is 2.26. The summed E-state index contributed by atoms with van der Waals surface area (Å²) in [5.41, 5.74) is 5.45. The Balaban J connectivity index is 2.23. The first-order valence-corrected chi connectivity index (χ1v) is 7.47. The Labute approximate surface area is 134 Å². The van der Waals surface area contributed by atoms with Crippen LogP contribution in [0.4, 0.5) is 13.6 Å². The Bertz CT molecular complexity index is 575. The number of carbonyl (C=O) groups is 1. The zero-order valence-electron chi connectivity index (χ0n) is 13.5. The molecule has 0 aliphatic carbocycles. The van der Waals surface area contributed by atoms with Crippen molar-refractivity contribution < 1.29 is 23.0 Å². The van der Waals surface area contributed by atoms with Crippen molar-refractivity contribution in [3.05, 3.63) is 35.4 Å². The van der Waals surface area contributed by atoms with E-state index in [4.69, 9.17) is 15.2 Å². The predicted octanol–water partition coefficient (Wildman–Crippen LogP) is 2.60. The lowest BCUT2D eigenvalue weighted by Crippen LogP contribution is -2.54. The molecule has 1 aliphatic rings. The molecule has 1 saturated heterocycles. The summed E-state index contributed by atoms with van der Waals surface area (Å²) in [6, 6.07) is 1.54. The van der Waals surface area contributed by atoms with Crippen molar-refractivity contribution in [1.82, 2.24) is 4.90 Å². The van der Waals surface area contributed by atoms with E-state index in [9.17, 15) is 13.6 Å². The van der Waals surface area contributed by atoms with Gasteiger partial charge in [0.1, 0.15) is 17.2 Å². The third-order valence-corrected chi connectivity index (χ3v) is 3.53. The molecule has 0 bridgehead atoms. The molecule has 2 unspecified atom stereocenters. The van der Waals surface area contributed by atoms with Gasteiger partial charge in [-0.05, 0) is 39.0 Å². The molecule has 1 aliphatic heterocycles. The van der Waals surface area contributed by atoms with E-state index in [0.717, 1.165) is 18.2 Å². The minimum absolute atomic E-state index is 0.00839. The van der Waals surface area contributed by atoms with Crippen LogP contribution < -0.4 is 5.73 Å². The fourth-order valence-corrected chi connectivity index (χ4v) is 2.44. The van der Waals surface area contributed by atoms with Crippen LogP contribution in [-0.4, -0.2) is 42.4 Å². The summed E-state index contributed by atoms with van der Waals surface area (Å²) in [5, 5.41) is 0. The van der Waals surface area contributed by atoms with Crippen LogP contribution in [0, 0.1) is 11.6 Å². The fraction of sp³-hybridized carbons (Fsp3) is 0.562. The minimum atomic E-state index is -0.918. The SMILES string of the molecule is CC(C)(C)OC(=O)N1CCOCC1C(N)c1cc(F)ccc1F. The van der Waals surface area contributed by atoms with Gasteiger partial charge in [0.2, 0.25) is 0 Å². The number of carbonyl (C=O) groups excluding carboxylic acids is 1. The van der Waals surface area contributed by atoms with Crippen LogP contribution >= 0.6 is 0 Å². The number of morpholine rings is 1. The zero-order chi connectivity index (χ0) is 17.2. The monoisotopic (exact) mass is 328 g/mol. The highest BCUT2D eigenvalue weighted by molar-refractivity contribution is 5.69. The van der Waals surface area contributed by atoms with Gasteiger partial charge in [0.25, 0.3) is 0 Å². The maximum Gasteiger partial charge on any atom is 0.410 e. The van der Waals surface area contributed by atoms with Crippen LogP contribution in [0.5, 0.6) is 0 Å². The third kappa shape index (κ3) is 4.39. The topological polar surface area (TPSA) is 64.8 Å². The van der Waals surface area contributed by atoms with E-state index < -0.39 is 35.4 Å². The van der Waals surface area contributed by atoms with Crippen molar-refractivity contribution in [2.24, 2.45) is 5.73 Å². The van der Waals surface area contributed by atoms with E-state index in [-0.39, 0.29) is 18.7 Å². The van der Waals surface area contributed by atoms with Crippen LogP contribution in [0.1, 0.15) is 32.4 Å². The lowest BCUT2D eigenvalue weighted by Gasteiger charge is -2.39. The van der Waals surface area contributed by atoms with Gasteiger partial charge in [-0.3, -0.25) is 4.90 Å². The van der Waals surface area contributed by atoms with Gasteiger partial charge in [-0.1, -0.05) is 0 Å². The lowest BCUT2D eigenvalue weighted by atomic mass is 9.98. The van der Waals surface area contributed by atoms with Crippen molar-refractivity contribution in [2.75, 3.05) is 19.8 Å². The van der Waals surface area contributed by atoms with Crippen LogP contribution in [0.2, 0.25) is 0 Å². The molecule has 1 fully saturated rings. The number of halogens is 2. The van der Waals surface area contributed by atoms with E-state index in [0.29, 0.717) is 6.61 Å². The molecule has 5 nitrogen and oxygen atoms in total. The van der Waals surface area contributed by atoms with Gasteiger partial charge in [-0.15, -0.1) is 0 Å². The Hall–Kier alpha value is -1.73. The smallest absolute Gasteiger partial charge is 0.410 e. The second-order valence-corrected chi connectivity index (χ2v) is 6.51. The number of nitrogens with two attached hydrogens (primary N) is 1. The molecular formula is C16H22F2N2O3. The zero-order valence-corrected chi connectivity index (χ0v) is 13.5. The summed E-state index contributed by atoms with van der Waals surface area (Å²) < 4.78 is 38.1. The fourth-order valence-electron chi connectivity index (χ4n) is 2.44. The molecule has 1 heterocycles. The van der Waals surface area contributed by atoms with E-state index in [1.165, 1.54) is 4.90 Å². The number of hydrogen-bond acceptors (Lipinski definition) is 4. The molecule has 0 aromatic heterocycles. The molecule has 7 heteroatoms. The normalized spacial score (nSPS) is 20.3. The van der Waals surface area contributed by atoms with Crippen LogP contribution in [0.3, 0.4) is 0 Å². The molecule has 1 aromatic rings. The number of benzene rings is 1. The van der Waals surface area contributed by atoms with Gasteiger partial charge in [0.05, 0.1) is 25.3 Å².